The first kappa shape index (κ1) is 12.3. The van der Waals surface area contributed by atoms with Crippen molar-refractivity contribution >= 4 is 5.57 Å². The van der Waals surface area contributed by atoms with E-state index >= 15 is 0 Å². The van der Waals surface area contributed by atoms with Gasteiger partial charge in [-0.3, -0.25) is 0 Å². The topological polar surface area (TPSA) is 51.5 Å². The molecule has 0 saturated carbocycles. The van der Waals surface area contributed by atoms with E-state index < -0.39 is 0 Å². The lowest BCUT2D eigenvalue weighted by atomic mass is 10.0. The highest BCUT2D eigenvalue weighted by atomic mass is 16.5. The Balaban J connectivity index is 2.68. The Morgan fingerprint density at radius 2 is 1.83 bits per heavy atom. The van der Waals surface area contributed by atoms with E-state index in [0.717, 1.165) is 29.5 Å². The second-order valence-electron chi connectivity index (χ2n) is 3.97. The lowest BCUT2D eigenvalue weighted by Gasteiger charge is -2.15. The number of hydrogen-bond acceptors (Lipinski definition) is 4. The summed E-state index contributed by atoms with van der Waals surface area (Å²) in [6.45, 7) is 0. The van der Waals surface area contributed by atoms with E-state index in [1.54, 1.807) is 27.4 Å². The van der Waals surface area contributed by atoms with Gasteiger partial charge in [0.1, 0.15) is 0 Å². The number of ether oxygens (including phenoxy) is 3. The van der Waals surface area contributed by atoms with E-state index in [1.165, 1.54) is 0 Å². The van der Waals surface area contributed by atoms with Crippen molar-refractivity contribution in [2.75, 3.05) is 21.3 Å². The average Bonchev–Trinajstić information content (AvgIpc) is 2.79. The Morgan fingerprint density at radius 1 is 1.11 bits per heavy atom. The summed E-state index contributed by atoms with van der Waals surface area (Å²) in [6.07, 6.45) is 3.28. The fourth-order valence-corrected chi connectivity index (χ4v) is 2.37. The Hall–Kier alpha value is -2.15. The van der Waals surface area contributed by atoms with Crippen molar-refractivity contribution in [3.8, 4) is 23.3 Å². The van der Waals surface area contributed by atoms with E-state index in [4.69, 9.17) is 19.5 Å². The van der Waals surface area contributed by atoms with Crippen LogP contribution in [0.25, 0.3) is 5.57 Å². The number of fused-ring (bicyclic) bond motifs is 1. The van der Waals surface area contributed by atoms with Crippen molar-refractivity contribution in [2.24, 2.45) is 0 Å². The Kier molecular flexibility index (Phi) is 3.42. The molecule has 0 fully saturated rings. The van der Waals surface area contributed by atoms with Crippen molar-refractivity contribution in [3.05, 3.63) is 23.3 Å². The van der Waals surface area contributed by atoms with Crippen LogP contribution in [-0.4, -0.2) is 21.3 Å². The molecule has 4 nitrogen and oxygen atoms in total. The van der Waals surface area contributed by atoms with Crippen molar-refractivity contribution in [1.82, 2.24) is 0 Å². The molecule has 4 heteroatoms. The molecule has 0 bridgehead atoms. The first-order valence-electron chi connectivity index (χ1n) is 5.67. The smallest absolute Gasteiger partial charge is 0.203 e. The summed E-state index contributed by atoms with van der Waals surface area (Å²) in [6, 6.07) is 3.99. The molecule has 94 valence electrons. The molecule has 1 aromatic carbocycles. The molecule has 0 aliphatic heterocycles. The van der Waals surface area contributed by atoms with E-state index in [2.05, 4.69) is 6.07 Å². The highest BCUT2D eigenvalue weighted by molar-refractivity contribution is 5.79. The number of allylic oxidation sites excluding steroid dienone is 2. The summed E-state index contributed by atoms with van der Waals surface area (Å²) in [5.74, 6) is 1.93. The molecule has 0 amide bonds. The summed E-state index contributed by atoms with van der Waals surface area (Å²) in [7, 11) is 4.80. The Bertz CT molecular complexity index is 541. The van der Waals surface area contributed by atoms with Crippen LogP contribution < -0.4 is 14.2 Å². The lowest BCUT2D eigenvalue weighted by Crippen LogP contribution is -1.99. The summed E-state index contributed by atoms with van der Waals surface area (Å²) >= 11 is 0. The van der Waals surface area contributed by atoms with Gasteiger partial charge in [0.15, 0.2) is 11.5 Å². The second kappa shape index (κ2) is 5.01. The standard InChI is InChI=1S/C14H15NO3/c1-16-12-8-11-9(6-7-15)4-5-10(11)13(17-2)14(12)18-3/h6,8H,4-5H2,1-3H3/b9-6+. The summed E-state index contributed by atoms with van der Waals surface area (Å²) < 4.78 is 16.1. The molecule has 1 aliphatic carbocycles. The maximum Gasteiger partial charge on any atom is 0.203 e. The van der Waals surface area contributed by atoms with Gasteiger partial charge in [0.2, 0.25) is 5.75 Å². The number of nitrogens with zero attached hydrogens (tertiary/aromatic N) is 1. The highest BCUT2D eigenvalue weighted by Crippen LogP contribution is 2.48. The molecule has 0 spiro atoms. The molecular weight excluding hydrogens is 230 g/mol. The van der Waals surface area contributed by atoms with Gasteiger partial charge in [-0.1, -0.05) is 0 Å². The van der Waals surface area contributed by atoms with Crippen LogP contribution in [0.2, 0.25) is 0 Å². The maximum atomic E-state index is 8.79. The number of nitriles is 1. The van der Waals surface area contributed by atoms with Crippen LogP contribution in [0.15, 0.2) is 12.1 Å². The summed E-state index contributed by atoms with van der Waals surface area (Å²) in [5.41, 5.74) is 3.12. The van der Waals surface area contributed by atoms with Crippen LogP contribution in [0, 0.1) is 11.3 Å². The van der Waals surface area contributed by atoms with E-state index in [0.29, 0.717) is 17.2 Å². The zero-order valence-corrected chi connectivity index (χ0v) is 10.7. The molecule has 0 atom stereocenters. The molecular formula is C14H15NO3. The first-order chi connectivity index (χ1) is 8.76. The minimum absolute atomic E-state index is 0.608. The Morgan fingerprint density at radius 3 is 2.39 bits per heavy atom. The van der Waals surface area contributed by atoms with Crippen molar-refractivity contribution in [2.45, 2.75) is 12.8 Å². The van der Waals surface area contributed by atoms with Gasteiger partial charge in [-0.05, 0) is 30.0 Å². The third-order valence-corrected chi connectivity index (χ3v) is 3.16. The fourth-order valence-electron chi connectivity index (χ4n) is 2.37. The normalized spacial score (nSPS) is 15.1. The van der Waals surface area contributed by atoms with Gasteiger partial charge < -0.3 is 14.2 Å². The van der Waals surface area contributed by atoms with Crippen LogP contribution in [0.1, 0.15) is 17.5 Å². The van der Waals surface area contributed by atoms with Crippen LogP contribution in [0.5, 0.6) is 17.2 Å². The fraction of sp³-hybridized carbons (Fsp3) is 0.357. The SMILES string of the molecule is COc1cc2c(c(OC)c1OC)CC/C2=C\C#N. The van der Waals surface area contributed by atoms with Crippen LogP contribution in [-0.2, 0) is 6.42 Å². The van der Waals surface area contributed by atoms with Gasteiger partial charge in [-0.25, -0.2) is 0 Å². The van der Waals surface area contributed by atoms with Gasteiger partial charge in [0, 0.05) is 11.6 Å². The van der Waals surface area contributed by atoms with E-state index in [-0.39, 0.29) is 0 Å². The Labute approximate surface area is 106 Å². The van der Waals surface area contributed by atoms with Gasteiger partial charge in [-0.15, -0.1) is 0 Å². The van der Waals surface area contributed by atoms with E-state index in [9.17, 15) is 0 Å². The predicted molar refractivity (Wildman–Crippen MR) is 68.0 cm³/mol. The summed E-state index contributed by atoms with van der Waals surface area (Å²) in [4.78, 5) is 0. The number of benzene rings is 1. The number of rotatable bonds is 3. The van der Waals surface area contributed by atoms with E-state index in [1.807, 2.05) is 6.07 Å². The predicted octanol–water partition coefficient (Wildman–Crippen LogP) is 2.57. The van der Waals surface area contributed by atoms with Crippen LogP contribution in [0.3, 0.4) is 0 Å². The molecule has 1 aliphatic rings. The molecule has 0 N–H and O–H groups in total. The summed E-state index contributed by atoms with van der Waals surface area (Å²) in [5, 5.41) is 8.79. The molecule has 2 rings (SSSR count). The quantitative estimate of drug-likeness (QED) is 0.768. The number of methoxy groups -OCH3 is 3. The van der Waals surface area contributed by atoms with Crippen molar-refractivity contribution < 1.29 is 14.2 Å². The zero-order valence-electron chi connectivity index (χ0n) is 10.7. The average molecular weight is 245 g/mol. The third-order valence-electron chi connectivity index (χ3n) is 3.16. The molecule has 0 saturated heterocycles. The van der Waals surface area contributed by atoms with Gasteiger partial charge in [0.05, 0.1) is 27.4 Å². The minimum atomic E-state index is 0.608. The largest absolute Gasteiger partial charge is 0.493 e. The third kappa shape index (κ3) is 1.78. The van der Waals surface area contributed by atoms with Gasteiger partial charge >= 0.3 is 0 Å². The monoisotopic (exact) mass is 245 g/mol. The zero-order chi connectivity index (χ0) is 13.1. The molecule has 1 aromatic rings. The molecule has 0 aromatic heterocycles. The maximum absolute atomic E-state index is 8.79. The lowest BCUT2D eigenvalue weighted by molar-refractivity contribution is 0.322. The second-order valence-corrected chi connectivity index (χ2v) is 3.97. The van der Waals surface area contributed by atoms with Gasteiger partial charge in [0.25, 0.3) is 0 Å². The first-order valence-corrected chi connectivity index (χ1v) is 5.67. The van der Waals surface area contributed by atoms with Crippen LogP contribution in [0.4, 0.5) is 0 Å². The van der Waals surface area contributed by atoms with Crippen LogP contribution >= 0.6 is 0 Å². The molecule has 0 heterocycles. The van der Waals surface area contributed by atoms with Crippen molar-refractivity contribution in [3.63, 3.8) is 0 Å². The number of hydrogen-bond donors (Lipinski definition) is 0. The highest BCUT2D eigenvalue weighted by Gasteiger charge is 2.26. The minimum Gasteiger partial charge on any atom is -0.493 e. The molecule has 18 heavy (non-hydrogen) atoms. The molecule has 0 radical (unpaired) electrons. The molecule has 0 unspecified atom stereocenters. The van der Waals surface area contributed by atoms with Gasteiger partial charge in [-0.2, -0.15) is 5.26 Å². The van der Waals surface area contributed by atoms with Crippen molar-refractivity contribution in [1.29, 1.82) is 5.26 Å².